The molecule has 6 heteroatoms. The van der Waals surface area contributed by atoms with E-state index < -0.39 is 32.3 Å². The predicted octanol–water partition coefficient (Wildman–Crippen LogP) is 11.1. The lowest BCUT2D eigenvalue weighted by atomic mass is 9.92. The first-order valence-corrected chi connectivity index (χ1v) is 26.2. The fourth-order valence-electron chi connectivity index (χ4n) is 8.49. The van der Waals surface area contributed by atoms with Gasteiger partial charge in [0.05, 0.1) is 0 Å². The molecule has 0 amide bonds. The summed E-state index contributed by atoms with van der Waals surface area (Å²) in [5, 5.41) is 11.2. The van der Waals surface area contributed by atoms with E-state index in [1.54, 1.807) is 0 Å². The molecule has 8 aromatic carbocycles. The highest BCUT2D eigenvalue weighted by atomic mass is 31.2. The molecular formula is C54H50N2P4. The summed E-state index contributed by atoms with van der Waals surface area (Å²) in [4.78, 5) is 0. The van der Waals surface area contributed by atoms with E-state index in [0.717, 1.165) is 19.3 Å². The lowest BCUT2D eigenvalue weighted by Crippen LogP contribution is -2.46. The maximum atomic E-state index is 3.06. The molecule has 0 radical (unpaired) electrons. The number of hydrogen-bond acceptors (Lipinski definition) is 2. The minimum atomic E-state index is -0.914. The zero-order valence-electron chi connectivity index (χ0n) is 33.8. The third kappa shape index (κ3) is 9.32. The summed E-state index contributed by atoms with van der Waals surface area (Å²) in [7, 11) is -3.66. The molecule has 8 aromatic rings. The van der Waals surface area contributed by atoms with Gasteiger partial charge in [0, 0.05) is 44.4 Å². The van der Waals surface area contributed by atoms with Crippen molar-refractivity contribution >= 4 is 74.7 Å². The Morgan fingerprint density at radius 1 is 0.250 bits per heavy atom. The Hall–Kier alpha value is -4.60. The molecule has 0 spiro atoms. The van der Waals surface area contributed by atoms with Crippen molar-refractivity contribution < 1.29 is 0 Å². The fraction of sp³-hybridized carbons (Fsp3) is 0.111. The van der Waals surface area contributed by atoms with Crippen LogP contribution >= 0.6 is 32.3 Å². The van der Waals surface area contributed by atoms with Crippen molar-refractivity contribution in [2.24, 2.45) is 0 Å². The molecule has 0 saturated heterocycles. The van der Waals surface area contributed by atoms with Crippen molar-refractivity contribution in [2.75, 3.05) is 0 Å². The summed E-state index contributed by atoms with van der Waals surface area (Å²) in [5.41, 5.74) is 0. The Morgan fingerprint density at radius 2 is 0.417 bits per heavy atom. The minimum absolute atomic E-state index is 0.330. The van der Waals surface area contributed by atoms with E-state index in [2.05, 4.69) is 252 Å². The predicted molar refractivity (Wildman–Crippen MR) is 266 cm³/mol. The molecule has 0 aromatic heterocycles. The van der Waals surface area contributed by atoms with Crippen molar-refractivity contribution in [1.82, 2.24) is 8.88 Å². The molecule has 2 atom stereocenters. The normalized spacial score (nSPS) is 15.6. The van der Waals surface area contributed by atoms with Crippen molar-refractivity contribution in [3.05, 3.63) is 243 Å². The van der Waals surface area contributed by atoms with Crippen molar-refractivity contribution in [1.29, 1.82) is 0 Å². The van der Waals surface area contributed by atoms with Gasteiger partial charge in [-0.25, -0.2) is 8.88 Å². The molecule has 9 rings (SSSR count). The monoisotopic (exact) mass is 850 g/mol. The quantitative estimate of drug-likeness (QED) is 0.101. The summed E-state index contributed by atoms with van der Waals surface area (Å²) < 4.78 is 6.12. The van der Waals surface area contributed by atoms with Gasteiger partial charge in [-0.05, 0) is 61.7 Å². The highest BCUT2D eigenvalue weighted by molar-refractivity contribution is 7.85. The van der Waals surface area contributed by atoms with Gasteiger partial charge in [0.15, 0.2) is 0 Å². The summed E-state index contributed by atoms with van der Waals surface area (Å²) in [5.74, 6) is 0. The molecule has 0 aliphatic heterocycles. The van der Waals surface area contributed by atoms with E-state index in [0.29, 0.717) is 12.1 Å². The van der Waals surface area contributed by atoms with Crippen LogP contribution in [0, 0.1) is 0 Å². The number of benzene rings is 8. The Labute approximate surface area is 362 Å². The van der Waals surface area contributed by atoms with Crippen LogP contribution in [0.2, 0.25) is 0 Å². The minimum Gasteiger partial charge on any atom is -0.242 e. The third-order valence-electron chi connectivity index (χ3n) is 11.1. The molecule has 0 bridgehead atoms. The molecule has 2 nitrogen and oxygen atoms in total. The van der Waals surface area contributed by atoms with Gasteiger partial charge in [-0.3, -0.25) is 0 Å². The first kappa shape index (κ1) is 40.8. The van der Waals surface area contributed by atoms with E-state index in [-0.39, 0.29) is 0 Å². The van der Waals surface area contributed by atoms with Gasteiger partial charge in [0.25, 0.3) is 0 Å². The second-order valence-corrected chi connectivity index (χ2v) is 24.0. The van der Waals surface area contributed by atoms with Crippen LogP contribution in [0.3, 0.4) is 0 Å². The van der Waals surface area contributed by atoms with Crippen LogP contribution in [0.25, 0.3) is 0 Å². The van der Waals surface area contributed by atoms with Gasteiger partial charge < -0.3 is 0 Å². The second-order valence-electron chi connectivity index (χ2n) is 15.0. The molecule has 1 fully saturated rings. The topological polar surface area (TPSA) is 6.48 Å². The molecule has 0 heterocycles. The summed E-state index contributed by atoms with van der Waals surface area (Å²) in [6.07, 6.45) is 4.56. The molecule has 1 aliphatic rings. The number of rotatable bonds is 14. The van der Waals surface area contributed by atoms with Gasteiger partial charge in [-0.15, -0.1) is 0 Å². The van der Waals surface area contributed by atoms with Gasteiger partial charge in [0.1, 0.15) is 0 Å². The van der Waals surface area contributed by atoms with Crippen LogP contribution in [-0.4, -0.2) is 21.0 Å². The average Bonchev–Trinajstić information content (AvgIpc) is 3.34. The van der Waals surface area contributed by atoms with Crippen LogP contribution in [0.5, 0.6) is 0 Å². The van der Waals surface area contributed by atoms with E-state index in [1.165, 1.54) is 48.9 Å². The van der Waals surface area contributed by atoms with Gasteiger partial charge in [-0.2, -0.15) is 0 Å². The second kappa shape index (κ2) is 20.3. The summed E-state index contributed by atoms with van der Waals surface area (Å²) in [6, 6.07) is 92.0. The Balaban J connectivity index is 1.26. The summed E-state index contributed by atoms with van der Waals surface area (Å²) in [6.45, 7) is 0. The zero-order valence-corrected chi connectivity index (χ0v) is 37.3. The lowest BCUT2D eigenvalue weighted by Gasteiger charge is -2.50. The molecule has 60 heavy (non-hydrogen) atoms. The van der Waals surface area contributed by atoms with Gasteiger partial charge >= 0.3 is 0 Å². The van der Waals surface area contributed by atoms with E-state index in [1.807, 2.05) is 0 Å². The Bertz CT molecular complexity index is 1970. The largest absolute Gasteiger partial charge is 0.242 e. The first-order valence-electron chi connectivity index (χ1n) is 21.0. The lowest BCUT2D eigenvalue weighted by molar-refractivity contribution is 0.275. The van der Waals surface area contributed by atoms with Crippen LogP contribution in [0.15, 0.2) is 243 Å². The molecule has 1 aliphatic carbocycles. The van der Waals surface area contributed by atoms with Crippen molar-refractivity contribution in [2.45, 2.75) is 37.8 Å². The third-order valence-corrected chi connectivity index (χ3v) is 22.5. The van der Waals surface area contributed by atoms with E-state index in [9.17, 15) is 0 Å². The Kier molecular flexibility index (Phi) is 13.8. The zero-order chi connectivity index (χ0) is 40.4. The number of hydrogen-bond donors (Lipinski definition) is 0. The fourth-order valence-corrected chi connectivity index (χ4v) is 21.3. The van der Waals surface area contributed by atoms with Gasteiger partial charge in [-0.1, -0.05) is 249 Å². The van der Waals surface area contributed by atoms with E-state index in [4.69, 9.17) is 0 Å². The van der Waals surface area contributed by atoms with Crippen LogP contribution < -0.4 is 42.4 Å². The molecule has 2 unspecified atom stereocenters. The van der Waals surface area contributed by atoms with E-state index >= 15 is 0 Å². The maximum absolute atomic E-state index is 3.06. The van der Waals surface area contributed by atoms with Gasteiger partial charge in [0.2, 0.25) is 0 Å². The highest BCUT2D eigenvalue weighted by Gasteiger charge is 2.43. The first-order chi connectivity index (χ1) is 29.8. The average molecular weight is 851 g/mol. The molecule has 1 saturated carbocycles. The van der Waals surface area contributed by atoms with Crippen LogP contribution in [0.4, 0.5) is 0 Å². The standard InChI is InChI=1S/C54H50N2P4/c1-9-28-47(29-10-1)57(48-30-11-2-12-31-48)55(58(49-32-13-3-14-33-49)50-34-15-4-16-35-50)45-26-25-27-46(44-45)56(59(51-36-17-5-18-37-51)52-38-19-6-20-39-52)60(53-40-21-7-22-41-53)54-42-23-8-24-43-54/h1-24,28-43,45-46H,25-27,44H2. The van der Waals surface area contributed by atoms with Crippen molar-refractivity contribution in [3.8, 4) is 0 Å². The molecule has 296 valence electrons. The maximum Gasteiger partial charge on any atom is 0.0325 e. The Morgan fingerprint density at radius 3 is 0.583 bits per heavy atom. The SMILES string of the molecule is c1ccc(P(c2ccccc2)N(C2CCCC(N(P(c3ccccc3)c3ccccc3)P(c3ccccc3)c3ccccc3)C2)P(c2ccccc2)c2ccccc2)cc1. The highest BCUT2D eigenvalue weighted by Crippen LogP contribution is 2.61. The summed E-state index contributed by atoms with van der Waals surface area (Å²) >= 11 is 0. The smallest absolute Gasteiger partial charge is 0.0325 e. The molecular weight excluding hydrogens is 801 g/mol. The molecule has 0 N–H and O–H groups in total. The van der Waals surface area contributed by atoms with Crippen LogP contribution in [0.1, 0.15) is 25.7 Å². The number of nitrogens with zero attached hydrogens (tertiary/aromatic N) is 2. The van der Waals surface area contributed by atoms with Crippen LogP contribution in [-0.2, 0) is 0 Å². The van der Waals surface area contributed by atoms with Crippen molar-refractivity contribution in [3.63, 3.8) is 0 Å².